The molecule has 0 saturated heterocycles. The van der Waals surface area contributed by atoms with Crippen molar-refractivity contribution in [1.82, 2.24) is 4.90 Å². The van der Waals surface area contributed by atoms with Gasteiger partial charge in [0.1, 0.15) is 0 Å². The first kappa shape index (κ1) is 14.8. The summed E-state index contributed by atoms with van der Waals surface area (Å²) in [6.45, 7) is 2.12. The molecule has 2 rings (SSSR count). The van der Waals surface area contributed by atoms with Crippen LogP contribution in [-0.4, -0.2) is 40.0 Å². The predicted molar refractivity (Wildman–Crippen MR) is 74.9 cm³/mol. The Morgan fingerprint density at radius 2 is 1.86 bits per heavy atom. The van der Waals surface area contributed by atoms with Gasteiger partial charge in [-0.1, -0.05) is 19.1 Å². The Morgan fingerprint density at radius 3 is 2.38 bits per heavy atom. The molecule has 0 spiro atoms. The first-order chi connectivity index (χ1) is 10.0. The van der Waals surface area contributed by atoms with E-state index >= 15 is 0 Å². The van der Waals surface area contributed by atoms with Crippen molar-refractivity contribution < 1.29 is 19.2 Å². The average Bonchev–Trinajstić information content (AvgIpc) is 2.70. The van der Waals surface area contributed by atoms with E-state index in [2.05, 4.69) is 4.79 Å². The van der Waals surface area contributed by atoms with E-state index in [1.54, 1.807) is 24.3 Å². The number of carbonyl (C=O) groups excluding carboxylic acids is 3. The first-order valence-electron chi connectivity index (χ1n) is 6.70. The predicted octanol–water partition coefficient (Wildman–Crippen LogP) is 1.57. The summed E-state index contributed by atoms with van der Waals surface area (Å²) in [4.78, 5) is 39.5. The second-order valence-corrected chi connectivity index (χ2v) is 5.12. The number of rotatable bonds is 6. The molecule has 0 bridgehead atoms. The number of ketones is 1. The lowest BCUT2D eigenvalue weighted by atomic mass is 10.0. The van der Waals surface area contributed by atoms with Crippen LogP contribution in [0, 0.1) is 5.92 Å². The maximum absolute atomic E-state index is 12.1. The van der Waals surface area contributed by atoms with Gasteiger partial charge in [0.2, 0.25) is 5.78 Å². The van der Waals surface area contributed by atoms with Crippen LogP contribution in [0.5, 0.6) is 0 Å². The van der Waals surface area contributed by atoms with E-state index in [-0.39, 0.29) is 36.5 Å². The number of carbonyl (C=O) groups is 3. The van der Waals surface area contributed by atoms with Crippen molar-refractivity contribution in [3.63, 3.8) is 0 Å². The van der Waals surface area contributed by atoms with E-state index in [0.717, 1.165) is 6.21 Å². The van der Waals surface area contributed by atoms with Crippen molar-refractivity contribution in [2.45, 2.75) is 19.8 Å². The molecule has 6 heteroatoms. The number of imide groups is 1. The number of amides is 2. The van der Waals surface area contributed by atoms with Crippen LogP contribution in [0.2, 0.25) is 0 Å². The molecule has 0 aliphatic carbocycles. The number of fused-ring (bicyclic) bond motifs is 1. The topological polar surface area (TPSA) is 90.9 Å². The minimum Gasteiger partial charge on any atom is -0.361 e. The largest absolute Gasteiger partial charge is 0.361 e. The smallest absolute Gasteiger partial charge is 0.323 e. The molecule has 1 aromatic carbocycles. The van der Waals surface area contributed by atoms with Crippen molar-refractivity contribution in [2.24, 2.45) is 5.92 Å². The van der Waals surface area contributed by atoms with Crippen molar-refractivity contribution in [3.05, 3.63) is 40.9 Å². The molecule has 0 aromatic heterocycles. The van der Waals surface area contributed by atoms with E-state index in [1.807, 2.05) is 6.92 Å². The Balaban J connectivity index is 1.96. The summed E-state index contributed by atoms with van der Waals surface area (Å²) < 4.78 is 0. The van der Waals surface area contributed by atoms with Crippen LogP contribution in [0.1, 0.15) is 40.5 Å². The summed E-state index contributed by atoms with van der Waals surface area (Å²) in [7, 11) is 0. The standard InChI is InChI=1S/C15H15N3O3/c1-10(8-11(19)9-17-16)6-7-18-14(20)12-4-2-3-5-13(12)15(18)21/h2-5,9-10H,6-8H2,1H3/t10-/m1/s1. The lowest BCUT2D eigenvalue weighted by Gasteiger charge is -2.16. The summed E-state index contributed by atoms with van der Waals surface area (Å²) in [6.07, 6.45) is 1.60. The number of Topliss-reactive ketones (excluding diaryl/α,β-unsaturated/α-hetero) is 1. The molecule has 1 aliphatic rings. The van der Waals surface area contributed by atoms with Crippen LogP contribution in [-0.2, 0) is 4.79 Å². The molecule has 0 saturated carbocycles. The molecule has 21 heavy (non-hydrogen) atoms. The normalized spacial score (nSPS) is 14.6. The molecular weight excluding hydrogens is 270 g/mol. The zero-order valence-electron chi connectivity index (χ0n) is 11.7. The molecule has 0 N–H and O–H groups in total. The summed E-state index contributed by atoms with van der Waals surface area (Å²) in [5.41, 5.74) is 9.13. The lowest BCUT2D eigenvalue weighted by Crippen LogP contribution is -2.31. The maximum atomic E-state index is 12.1. The molecule has 2 amide bonds. The molecule has 1 heterocycles. The Morgan fingerprint density at radius 1 is 1.29 bits per heavy atom. The summed E-state index contributed by atoms with van der Waals surface area (Å²) in [5, 5.41) is 0. The lowest BCUT2D eigenvalue weighted by molar-refractivity contribution is -0.116. The van der Waals surface area contributed by atoms with Crippen LogP contribution in [0.15, 0.2) is 24.3 Å². The van der Waals surface area contributed by atoms with Crippen molar-refractivity contribution in [1.29, 1.82) is 0 Å². The second-order valence-electron chi connectivity index (χ2n) is 5.12. The molecule has 0 radical (unpaired) electrons. The average molecular weight is 285 g/mol. The fourth-order valence-electron chi connectivity index (χ4n) is 2.35. The van der Waals surface area contributed by atoms with Gasteiger partial charge in [0, 0.05) is 13.0 Å². The van der Waals surface area contributed by atoms with Crippen LogP contribution in [0.3, 0.4) is 0 Å². The van der Waals surface area contributed by atoms with Gasteiger partial charge in [-0.05, 0) is 24.5 Å². The zero-order valence-corrected chi connectivity index (χ0v) is 11.7. The first-order valence-corrected chi connectivity index (χ1v) is 6.70. The highest BCUT2D eigenvalue weighted by atomic mass is 16.2. The fourth-order valence-corrected chi connectivity index (χ4v) is 2.35. The van der Waals surface area contributed by atoms with E-state index in [4.69, 9.17) is 5.53 Å². The van der Waals surface area contributed by atoms with Gasteiger partial charge in [0.05, 0.1) is 11.1 Å². The number of hydrogen-bond acceptors (Lipinski definition) is 3. The van der Waals surface area contributed by atoms with Crippen LogP contribution in [0.4, 0.5) is 0 Å². The van der Waals surface area contributed by atoms with Crippen LogP contribution in [0.25, 0.3) is 5.53 Å². The van der Waals surface area contributed by atoms with E-state index in [1.165, 1.54) is 4.90 Å². The molecule has 1 aromatic rings. The molecule has 6 nitrogen and oxygen atoms in total. The Bertz CT molecular complexity index is 612. The number of nitrogens with zero attached hydrogens (tertiary/aromatic N) is 3. The molecule has 108 valence electrons. The van der Waals surface area contributed by atoms with Gasteiger partial charge in [0.25, 0.3) is 11.8 Å². The van der Waals surface area contributed by atoms with Gasteiger partial charge in [-0.3, -0.25) is 19.3 Å². The highest BCUT2D eigenvalue weighted by Crippen LogP contribution is 2.23. The monoisotopic (exact) mass is 285 g/mol. The van der Waals surface area contributed by atoms with Crippen molar-refractivity contribution in [3.8, 4) is 0 Å². The molecular formula is C15H15N3O3. The van der Waals surface area contributed by atoms with Gasteiger partial charge < -0.3 is 5.53 Å². The van der Waals surface area contributed by atoms with Crippen molar-refractivity contribution in [2.75, 3.05) is 6.54 Å². The van der Waals surface area contributed by atoms with E-state index < -0.39 is 0 Å². The Kier molecular flexibility index (Phi) is 4.40. The minimum atomic E-state index is -0.286. The third kappa shape index (κ3) is 3.12. The zero-order chi connectivity index (χ0) is 15.4. The summed E-state index contributed by atoms with van der Waals surface area (Å²) >= 11 is 0. The van der Waals surface area contributed by atoms with E-state index in [9.17, 15) is 14.4 Å². The van der Waals surface area contributed by atoms with Gasteiger partial charge in [-0.15, -0.1) is 0 Å². The van der Waals surface area contributed by atoms with Gasteiger partial charge in [-0.2, -0.15) is 4.79 Å². The summed E-state index contributed by atoms with van der Waals surface area (Å²) in [5.74, 6) is -0.871. The highest BCUT2D eigenvalue weighted by Gasteiger charge is 2.34. The fraction of sp³-hybridized carbons (Fsp3) is 0.333. The minimum absolute atomic E-state index is 0.0141. The van der Waals surface area contributed by atoms with Crippen molar-refractivity contribution >= 4 is 23.8 Å². The third-order valence-corrected chi connectivity index (χ3v) is 3.48. The molecule has 0 fully saturated rings. The second kappa shape index (κ2) is 6.24. The van der Waals surface area contributed by atoms with Crippen LogP contribution >= 0.6 is 0 Å². The van der Waals surface area contributed by atoms with Crippen LogP contribution < -0.4 is 0 Å². The number of benzene rings is 1. The number of hydrogen-bond donors (Lipinski definition) is 0. The van der Waals surface area contributed by atoms with Gasteiger partial charge >= 0.3 is 6.21 Å². The SMILES string of the molecule is C[C@H](CCN1C(=O)c2ccccc2C1=O)CC(=O)C=[N+]=[N-]. The third-order valence-electron chi connectivity index (χ3n) is 3.48. The quantitative estimate of drug-likeness (QED) is 0.344. The Hall–Kier alpha value is -2.59. The van der Waals surface area contributed by atoms with E-state index in [0.29, 0.717) is 17.5 Å². The summed E-state index contributed by atoms with van der Waals surface area (Å²) in [6, 6.07) is 6.73. The van der Waals surface area contributed by atoms with Gasteiger partial charge in [-0.25, -0.2) is 0 Å². The molecule has 1 aliphatic heterocycles. The highest BCUT2D eigenvalue weighted by molar-refractivity contribution is 6.25. The Labute approximate surface area is 122 Å². The van der Waals surface area contributed by atoms with Gasteiger partial charge in [0.15, 0.2) is 0 Å². The molecule has 1 atom stereocenters. The molecule has 0 unspecified atom stereocenters. The maximum Gasteiger partial charge on any atom is 0.323 e.